The molecule has 0 aliphatic carbocycles. The Labute approximate surface area is 119 Å². The summed E-state index contributed by atoms with van der Waals surface area (Å²) < 4.78 is 0. The predicted octanol–water partition coefficient (Wildman–Crippen LogP) is 5.13. The van der Waals surface area contributed by atoms with Gasteiger partial charge in [-0.2, -0.15) is 11.1 Å². The van der Waals surface area contributed by atoms with Crippen LogP contribution in [0.15, 0.2) is 24.3 Å². The SMILES string of the molecule is Cc1ccc([Si](C)(C)CCCC[Si](C)(C)Cl)cc1. The summed E-state index contributed by atoms with van der Waals surface area (Å²) in [5.74, 6) is 0. The average Bonchev–Trinajstić information content (AvgIpc) is 2.24. The molecule has 0 amide bonds. The average molecular weight is 299 g/mol. The van der Waals surface area contributed by atoms with Gasteiger partial charge in [-0.15, -0.1) is 0 Å². The zero-order valence-corrected chi connectivity index (χ0v) is 15.3. The van der Waals surface area contributed by atoms with Crippen LogP contribution in [0.1, 0.15) is 18.4 Å². The molecule has 0 saturated carbocycles. The van der Waals surface area contributed by atoms with Gasteiger partial charge in [-0.05, 0) is 13.0 Å². The van der Waals surface area contributed by atoms with Crippen molar-refractivity contribution in [2.24, 2.45) is 0 Å². The standard InChI is InChI=1S/C15H27ClSi2/c1-14-8-10-15(11-9-14)17(2,3)12-6-7-13-18(4,5)16/h8-11H,6-7,12-13H2,1-5H3. The van der Waals surface area contributed by atoms with Gasteiger partial charge >= 0.3 is 0 Å². The Hall–Kier alpha value is -0.0562. The topological polar surface area (TPSA) is 0 Å². The lowest BCUT2D eigenvalue weighted by Crippen LogP contribution is -2.41. The molecule has 3 heteroatoms. The van der Waals surface area contributed by atoms with Crippen LogP contribution in [0.5, 0.6) is 0 Å². The van der Waals surface area contributed by atoms with Crippen LogP contribution in [0.3, 0.4) is 0 Å². The van der Waals surface area contributed by atoms with Gasteiger partial charge in [0.05, 0.1) is 8.07 Å². The molecule has 0 spiro atoms. The van der Waals surface area contributed by atoms with Gasteiger partial charge in [0.1, 0.15) is 7.38 Å². The molecular formula is C15H27ClSi2. The largest absolute Gasteiger partial charge is 0.168 e. The number of rotatable bonds is 6. The summed E-state index contributed by atoms with van der Waals surface area (Å²) in [7, 11) is -2.58. The first-order valence-corrected chi connectivity index (χ1v) is 14.4. The molecule has 1 rings (SSSR count). The van der Waals surface area contributed by atoms with Gasteiger partial charge in [0, 0.05) is 0 Å². The minimum atomic E-state index is -1.35. The first kappa shape index (κ1) is 16.0. The fourth-order valence-electron chi connectivity index (χ4n) is 2.26. The number of benzene rings is 1. The highest BCUT2D eigenvalue weighted by molar-refractivity contribution is 7.19. The van der Waals surface area contributed by atoms with Crippen molar-refractivity contribution in [3.05, 3.63) is 29.8 Å². The molecule has 0 fully saturated rings. The van der Waals surface area contributed by atoms with Crippen LogP contribution in [0.2, 0.25) is 38.3 Å². The third kappa shape index (κ3) is 5.72. The zero-order valence-electron chi connectivity index (χ0n) is 12.5. The van der Waals surface area contributed by atoms with Gasteiger partial charge < -0.3 is 0 Å². The van der Waals surface area contributed by atoms with Crippen LogP contribution >= 0.6 is 11.1 Å². The van der Waals surface area contributed by atoms with E-state index in [1.807, 2.05) is 0 Å². The van der Waals surface area contributed by atoms with Crippen molar-refractivity contribution < 1.29 is 0 Å². The summed E-state index contributed by atoms with van der Waals surface area (Å²) in [6.07, 6.45) is 2.65. The van der Waals surface area contributed by atoms with Crippen LogP contribution in [0.25, 0.3) is 0 Å². The van der Waals surface area contributed by atoms with Crippen LogP contribution in [0.4, 0.5) is 0 Å². The molecule has 0 nitrogen and oxygen atoms in total. The maximum absolute atomic E-state index is 6.37. The fourth-order valence-corrected chi connectivity index (χ4v) is 6.24. The summed E-state index contributed by atoms with van der Waals surface area (Å²) in [6.45, 7) is 11.6. The predicted molar refractivity (Wildman–Crippen MR) is 90.5 cm³/mol. The number of hydrogen-bond donors (Lipinski definition) is 0. The molecule has 0 aromatic heterocycles. The molecule has 0 heterocycles. The van der Waals surface area contributed by atoms with E-state index in [-0.39, 0.29) is 0 Å². The quantitative estimate of drug-likeness (QED) is 0.388. The molecule has 0 saturated heterocycles. The molecule has 0 unspecified atom stereocenters. The monoisotopic (exact) mass is 298 g/mol. The van der Waals surface area contributed by atoms with E-state index in [1.165, 1.54) is 30.5 Å². The maximum Gasteiger partial charge on any atom is 0.150 e. The first-order valence-electron chi connectivity index (χ1n) is 6.97. The lowest BCUT2D eigenvalue weighted by atomic mass is 10.2. The summed E-state index contributed by atoms with van der Waals surface area (Å²) in [5, 5.41) is 1.59. The van der Waals surface area contributed by atoms with Gasteiger partial charge in [0.15, 0.2) is 0 Å². The summed E-state index contributed by atoms with van der Waals surface area (Å²) in [4.78, 5) is 0. The Morgan fingerprint density at radius 2 is 1.39 bits per heavy atom. The van der Waals surface area contributed by atoms with Crippen molar-refractivity contribution in [3.63, 3.8) is 0 Å². The highest BCUT2D eigenvalue weighted by Crippen LogP contribution is 2.21. The van der Waals surface area contributed by atoms with Crippen molar-refractivity contribution in [1.82, 2.24) is 0 Å². The fraction of sp³-hybridized carbons (Fsp3) is 0.600. The van der Waals surface area contributed by atoms with Crippen LogP contribution in [-0.2, 0) is 0 Å². The molecule has 0 radical (unpaired) electrons. The Balaban J connectivity index is 2.47. The zero-order chi connectivity index (χ0) is 13.8. The highest BCUT2D eigenvalue weighted by Gasteiger charge is 2.23. The molecule has 0 atom stereocenters. The second-order valence-electron chi connectivity index (χ2n) is 6.68. The normalized spacial score (nSPS) is 12.8. The van der Waals surface area contributed by atoms with Crippen LogP contribution in [0, 0.1) is 6.92 Å². The minimum Gasteiger partial charge on any atom is -0.168 e. The van der Waals surface area contributed by atoms with E-state index in [0.717, 1.165) is 0 Å². The molecule has 1 aromatic carbocycles. The second kappa shape index (κ2) is 6.40. The molecule has 1 aromatic rings. The molecule has 0 N–H and O–H groups in total. The molecule has 102 valence electrons. The van der Waals surface area contributed by atoms with E-state index >= 15 is 0 Å². The van der Waals surface area contributed by atoms with Crippen molar-refractivity contribution >= 4 is 31.7 Å². The molecule has 0 bridgehead atoms. The van der Waals surface area contributed by atoms with Crippen molar-refractivity contribution in [1.29, 1.82) is 0 Å². The van der Waals surface area contributed by atoms with Gasteiger partial charge in [-0.1, -0.05) is 80.1 Å². The number of aryl methyl sites for hydroxylation is 1. The van der Waals surface area contributed by atoms with E-state index in [0.29, 0.717) is 0 Å². The van der Waals surface area contributed by atoms with Gasteiger partial charge in [-0.3, -0.25) is 0 Å². The minimum absolute atomic E-state index is 1.23. The third-order valence-electron chi connectivity index (χ3n) is 3.66. The number of hydrogen-bond acceptors (Lipinski definition) is 0. The Kier molecular flexibility index (Phi) is 5.69. The van der Waals surface area contributed by atoms with Crippen molar-refractivity contribution in [2.45, 2.75) is 58.0 Å². The molecule has 0 aliphatic heterocycles. The number of halogens is 1. The maximum atomic E-state index is 6.37. The van der Waals surface area contributed by atoms with Crippen LogP contribution in [-0.4, -0.2) is 15.5 Å². The van der Waals surface area contributed by atoms with Crippen LogP contribution < -0.4 is 5.19 Å². The third-order valence-corrected chi connectivity index (χ3v) is 9.27. The van der Waals surface area contributed by atoms with Gasteiger partial charge in [-0.25, -0.2) is 0 Å². The summed E-state index contributed by atoms with van der Waals surface area (Å²) >= 11 is 6.37. The van der Waals surface area contributed by atoms with Gasteiger partial charge in [0.2, 0.25) is 0 Å². The molecule has 0 aliphatic rings. The Morgan fingerprint density at radius 3 is 1.89 bits per heavy atom. The smallest absolute Gasteiger partial charge is 0.150 e. The van der Waals surface area contributed by atoms with Crippen molar-refractivity contribution in [3.8, 4) is 0 Å². The van der Waals surface area contributed by atoms with E-state index in [2.05, 4.69) is 57.4 Å². The molecule has 18 heavy (non-hydrogen) atoms. The lowest BCUT2D eigenvalue weighted by Gasteiger charge is -2.23. The van der Waals surface area contributed by atoms with E-state index in [4.69, 9.17) is 11.1 Å². The highest BCUT2D eigenvalue weighted by atomic mass is 35.6. The van der Waals surface area contributed by atoms with Gasteiger partial charge in [0.25, 0.3) is 0 Å². The van der Waals surface area contributed by atoms with E-state index < -0.39 is 15.5 Å². The van der Waals surface area contributed by atoms with Crippen molar-refractivity contribution in [2.75, 3.05) is 0 Å². The second-order valence-corrected chi connectivity index (χ2v) is 18.5. The summed E-state index contributed by atoms with van der Waals surface area (Å²) in [6, 6.07) is 11.8. The Bertz CT molecular complexity index is 363. The summed E-state index contributed by atoms with van der Waals surface area (Å²) in [5.41, 5.74) is 1.36. The molecular weight excluding hydrogens is 272 g/mol. The lowest BCUT2D eigenvalue weighted by molar-refractivity contribution is 0.859. The number of unbranched alkanes of at least 4 members (excludes halogenated alkanes) is 1. The Morgan fingerprint density at radius 1 is 0.889 bits per heavy atom. The first-order chi connectivity index (χ1) is 8.21. The van der Waals surface area contributed by atoms with E-state index in [9.17, 15) is 0 Å². The van der Waals surface area contributed by atoms with E-state index in [1.54, 1.807) is 5.19 Å².